The molecule has 2 heterocycles. The van der Waals surface area contributed by atoms with E-state index in [0.717, 1.165) is 6.92 Å². The predicted octanol–water partition coefficient (Wildman–Crippen LogP) is 11.1. The van der Waals surface area contributed by atoms with Crippen LogP contribution in [0.25, 0.3) is 28.2 Å². The standard InChI is InChI=1S/C22H16ClF7N2O2.C14H11F7N2.C8H8BClO4.C2H4O2.C2H3O.Cu.H2O/c1-11-8-13(20(24,21(25,26)27)22(28,29)30)9-12(2)18(11)17-6-7-32(31-17)14-4-5-16(23)15(10-14)19(33)34-3;1-7-5-9(12(15,13(16,17)18)14(19,20)21)6-8(2)11(7)10-3-4-22-23-10;1-14-8(11)6-4-5(9(12)13)2-3-7(6)10;1-2(3)4;1-2-3;;/h4-10H,1-3H3;3-6H,1-2H3,(H,22,23);2-4,12-13H,1H3;1H3,(H,3,4);1H3;;1H2/q;;;;-1;+1;. The minimum atomic E-state index is -6.21. The number of rotatable bonds is 8. The van der Waals surface area contributed by atoms with Gasteiger partial charge in [0, 0.05) is 41.6 Å². The second-order valence-electron chi connectivity index (χ2n) is 15.9. The summed E-state index contributed by atoms with van der Waals surface area (Å²) in [6.07, 6.45) is -20.3. The van der Waals surface area contributed by atoms with E-state index in [4.69, 9.17) is 47.9 Å². The van der Waals surface area contributed by atoms with E-state index in [1.54, 1.807) is 6.07 Å². The van der Waals surface area contributed by atoms with Crippen molar-refractivity contribution in [3.8, 4) is 28.2 Å². The maximum absolute atomic E-state index is 14.5. The molecule has 0 amide bonds. The first kappa shape index (κ1) is 73.4. The average Bonchev–Trinajstić information content (AvgIpc) is 4.03. The molecule has 6 aromatic rings. The van der Waals surface area contributed by atoms with E-state index in [1.807, 2.05) is 0 Å². The monoisotopic (exact) mass is 1250 g/mol. The number of alkyl halides is 14. The van der Waals surface area contributed by atoms with Crippen LogP contribution in [0.1, 0.15) is 67.9 Å². The zero-order valence-corrected chi connectivity index (χ0v) is 44.6. The Morgan fingerprint density at radius 3 is 1.34 bits per heavy atom. The second kappa shape index (κ2) is 29.2. The maximum Gasteiger partial charge on any atom is 1.00 e. The number of halogens is 16. The molecule has 0 unspecified atom stereocenters. The van der Waals surface area contributed by atoms with Crippen molar-refractivity contribution < 1.29 is 128 Å². The van der Waals surface area contributed by atoms with Crippen molar-refractivity contribution in [1.29, 1.82) is 0 Å². The number of aromatic nitrogens is 4. The van der Waals surface area contributed by atoms with Gasteiger partial charge in [0.15, 0.2) is 0 Å². The number of methoxy groups -OCH3 is 2. The number of carbonyl (C=O) groups excluding carboxylic acids is 3. The van der Waals surface area contributed by atoms with Crippen LogP contribution in [0.3, 0.4) is 0 Å². The molecule has 32 heteroatoms. The zero-order valence-electron chi connectivity index (χ0n) is 42.1. The topological polar surface area (TPSA) is 225 Å². The number of aliphatic carboxylic acids is 1. The van der Waals surface area contributed by atoms with Crippen molar-refractivity contribution in [3.05, 3.63) is 140 Å². The molecule has 0 aliphatic heterocycles. The van der Waals surface area contributed by atoms with Crippen molar-refractivity contribution in [3.63, 3.8) is 0 Å². The summed E-state index contributed by atoms with van der Waals surface area (Å²) in [5.74, 6) is -2.14. The van der Waals surface area contributed by atoms with Crippen LogP contribution in [0, 0.1) is 27.7 Å². The molecular weight excluding hydrogens is 1200 g/mol. The summed E-state index contributed by atoms with van der Waals surface area (Å²) in [6.45, 7) is 7.53. The minimum Gasteiger partial charge on any atom is -0.542 e. The summed E-state index contributed by atoms with van der Waals surface area (Å²) in [5.41, 5.74) is -12.0. The van der Waals surface area contributed by atoms with E-state index in [0.29, 0.717) is 41.2 Å². The Morgan fingerprint density at radius 1 is 0.637 bits per heavy atom. The summed E-state index contributed by atoms with van der Waals surface area (Å²) >= 11 is 11.7. The van der Waals surface area contributed by atoms with Crippen molar-refractivity contribution in [1.82, 2.24) is 20.0 Å². The van der Waals surface area contributed by atoms with Crippen LogP contribution in [-0.2, 0) is 47.5 Å². The Morgan fingerprint density at radius 2 is 1.00 bits per heavy atom. The first-order valence-electron chi connectivity index (χ1n) is 21.3. The number of esters is 2. The van der Waals surface area contributed by atoms with Gasteiger partial charge in [-0.25, -0.2) is 23.1 Å². The van der Waals surface area contributed by atoms with Gasteiger partial charge in [0.2, 0.25) is 0 Å². The number of hydrogen-bond donors (Lipinski definition) is 4. The van der Waals surface area contributed by atoms with E-state index in [1.165, 1.54) is 115 Å². The molecule has 0 saturated carbocycles. The molecule has 14 nitrogen and oxygen atoms in total. The van der Waals surface area contributed by atoms with E-state index in [2.05, 4.69) is 24.8 Å². The molecule has 0 aliphatic rings. The smallest absolute Gasteiger partial charge is 0.542 e. The Labute approximate surface area is 465 Å². The fraction of sp³-hybridized carbons (Fsp3) is 0.292. The van der Waals surface area contributed by atoms with Gasteiger partial charge in [0.1, 0.15) is 0 Å². The number of carbonyl (C=O) groups is 3. The summed E-state index contributed by atoms with van der Waals surface area (Å²) in [7, 11) is 0.771. The molecule has 80 heavy (non-hydrogen) atoms. The van der Waals surface area contributed by atoms with Crippen LogP contribution in [0.15, 0.2) is 85.2 Å². The number of carboxylic acids is 1. The van der Waals surface area contributed by atoms with Crippen LogP contribution in [-0.4, -0.2) is 111 Å². The predicted molar refractivity (Wildman–Crippen MR) is 259 cm³/mol. The Hall–Kier alpha value is -6.56. The van der Waals surface area contributed by atoms with E-state index < -0.39 is 72.2 Å². The van der Waals surface area contributed by atoms with E-state index in [-0.39, 0.29) is 82.7 Å². The summed E-state index contributed by atoms with van der Waals surface area (Å²) in [6, 6.07) is 13.6. The third-order valence-corrected chi connectivity index (χ3v) is 11.0. The van der Waals surface area contributed by atoms with Gasteiger partial charge < -0.3 is 34.9 Å². The van der Waals surface area contributed by atoms with Crippen molar-refractivity contribution in [2.75, 3.05) is 14.2 Å². The molecule has 0 bridgehead atoms. The number of ether oxygens (including phenoxy) is 2. The van der Waals surface area contributed by atoms with Crippen LogP contribution in [0.5, 0.6) is 0 Å². The normalized spacial score (nSPS) is 11.4. The van der Waals surface area contributed by atoms with Crippen LogP contribution in [0.4, 0.5) is 61.5 Å². The van der Waals surface area contributed by atoms with Crippen LogP contribution in [0.2, 0.25) is 10.0 Å². The number of aromatic amines is 1. The number of aryl methyl sites for hydroxylation is 4. The fourth-order valence-corrected chi connectivity index (χ4v) is 7.41. The number of carboxylic acid groups (broad SMARTS) is 1. The molecular formula is C48H44BCl2CuF14N4O10. The fourth-order valence-electron chi connectivity index (χ4n) is 7.02. The number of H-pyrrole nitrogens is 1. The zero-order chi connectivity index (χ0) is 60.3. The maximum atomic E-state index is 14.5. The van der Waals surface area contributed by atoms with E-state index in [9.17, 15) is 71.1 Å². The minimum absolute atomic E-state index is 0. The number of hydrogen-bond acceptors (Lipinski definition) is 10. The third kappa shape index (κ3) is 17.2. The summed E-state index contributed by atoms with van der Waals surface area (Å²) < 4.78 is 195. The molecule has 2 aromatic heterocycles. The first-order valence-corrected chi connectivity index (χ1v) is 22.0. The summed E-state index contributed by atoms with van der Waals surface area (Å²) in [5, 5.41) is 36.0. The van der Waals surface area contributed by atoms with Gasteiger partial charge in [0.05, 0.1) is 52.5 Å². The molecule has 0 saturated heterocycles. The quantitative estimate of drug-likeness (QED) is 0.0485. The van der Waals surface area contributed by atoms with Gasteiger partial charge in [-0.15, -0.1) is 0 Å². The third-order valence-electron chi connectivity index (χ3n) is 10.4. The Kier molecular flexibility index (Phi) is 26.8. The Bertz CT molecular complexity index is 2990. The average molecular weight is 1250 g/mol. The first-order chi connectivity index (χ1) is 35.7. The van der Waals surface area contributed by atoms with Gasteiger partial charge >= 0.3 is 72.2 Å². The van der Waals surface area contributed by atoms with Crippen molar-refractivity contribution >= 4 is 60.0 Å². The molecule has 0 spiro atoms. The number of benzene rings is 4. The van der Waals surface area contributed by atoms with Crippen molar-refractivity contribution in [2.24, 2.45) is 0 Å². The van der Waals surface area contributed by atoms with Gasteiger partial charge in [-0.1, -0.05) is 53.5 Å². The van der Waals surface area contributed by atoms with Crippen LogP contribution < -0.4 is 5.46 Å². The number of nitrogens with zero attached hydrogens (tertiary/aromatic N) is 3. The number of nitrogens with one attached hydrogen (secondary N) is 1. The van der Waals surface area contributed by atoms with Gasteiger partial charge in [-0.2, -0.15) is 69.8 Å². The summed E-state index contributed by atoms with van der Waals surface area (Å²) in [4.78, 5) is 40.7. The molecule has 6 rings (SSSR count). The van der Waals surface area contributed by atoms with Gasteiger partial charge in [-0.05, 0) is 97.9 Å². The molecule has 0 aliphatic carbocycles. The molecule has 442 valence electrons. The van der Waals surface area contributed by atoms with Crippen molar-refractivity contribution in [2.45, 2.75) is 77.6 Å². The molecule has 4 aromatic carbocycles. The SMILES string of the molecule is CC(=O)O.COC(=O)c1cc(-n2ccc(-c3c(C)cc(C(F)(C(F)(F)F)C(F)(F)F)cc3C)n2)ccc1Cl.COC(=O)c1cc(B(O)O)ccc1Cl.C[C-]=O.Cc1cc(C(F)(C(F)(F)F)C(F)(F)F)cc(C)c1-c1ccn[nH]1.O.[Cu+]. The van der Waals surface area contributed by atoms with E-state index >= 15 is 0 Å². The Balaban J connectivity index is 0.00000117. The molecule has 0 radical (unpaired) electrons. The van der Waals surface area contributed by atoms with Crippen LogP contribution >= 0.6 is 23.2 Å². The molecule has 6 N–H and O–H groups in total. The largest absolute Gasteiger partial charge is 1.00 e. The molecule has 0 atom stereocenters. The molecule has 0 fully saturated rings. The van der Waals surface area contributed by atoms with Gasteiger partial charge in [0.25, 0.3) is 5.97 Å². The van der Waals surface area contributed by atoms with Gasteiger partial charge in [-0.3, -0.25) is 16.2 Å². The second-order valence-corrected chi connectivity index (χ2v) is 16.7.